The van der Waals surface area contributed by atoms with Gasteiger partial charge in [-0.05, 0) is 67.3 Å². The first-order valence-electron chi connectivity index (χ1n) is 5.56. The summed E-state index contributed by atoms with van der Waals surface area (Å²) in [6.45, 7) is 0.419. The van der Waals surface area contributed by atoms with Gasteiger partial charge >= 0.3 is 0 Å². The lowest BCUT2D eigenvalue weighted by atomic mass is 10.2. The molecule has 0 saturated carbocycles. The third kappa shape index (κ3) is 3.96. The monoisotopic (exact) mass is 404 g/mol. The van der Waals surface area contributed by atoms with Crippen LogP contribution < -0.4 is 4.74 Å². The van der Waals surface area contributed by atoms with Crippen molar-refractivity contribution in [3.8, 4) is 5.75 Å². The molecule has 0 saturated heterocycles. The molecule has 0 bridgehead atoms. The van der Waals surface area contributed by atoms with Crippen molar-refractivity contribution in [1.82, 2.24) is 0 Å². The Morgan fingerprint density at radius 3 is 2.32 bits per heavy atom. The second-order valence-corrected chi connectivity index (χ2v) is 6.11. The Labute approximate surface area is 133 Å². The summed E-state index contributed by atoms with van der Waals surface area (Å²) < 4.78 is 7.37. The fraction of sp³-hybridized carbons (Fsp3) is 0.143. The van der Waals surface area contributed by atoms with E-state index in [1.807, 2.05) is 36.4 Å². The predicted molar refractivity (Wildman–Crippen MR) is 83.5 cm³/mol. The van der Waals surface area contributed by atoms with Gasteiger partial charge in [-0.15, -0.1) is 0 Å². The van der Waals surface area contributed by atoms with Crippen molar-refractivity contribution in [1.29, 1.82) is 0 Å². The highest BCUT2D eigenvalue weighted by atomic mass is 79.9. The van der Waals surface area contributed by atoms with Crippen molar-refractivity contribution in [3.05, 3.63) is 61.5 Å². The van der Waals surface area contributed by atoms with Gasteiger partial charge in [0.2, 0.25) is 0 Å². The number of aliphatic hydroxyl groups is 1. The molecule has 1 N–H and O–H groups in total. The van der Waals surface area contributed by atoms with Crippen molar-refractivity contribution in [2.75, 3.05) is 0 Å². The van der Waals surface area contributed by atoms with Crippen LogP contribution in [-0.2, 0) is 13.2 Å². The van der Waals surface area contributed by atoms with Crippen LogP contribution in [0.25, 0.3) is 0 Å². The molecule has 19 heavy (non-hydrogen) atoms. The van der Waals surface area contributed by atoms with Crippen molar-refractivity contribution in [2.24, 2.45) is 0 Å². The highest BCUT2D eigenvalue weighted by Gasteiger charge is 2.09. The Hall–Kier alpha value is -0.550. The number of hydrogen-bond acceptors (Lipinski definition) is 2. The van der Waals surface area contributed by atoms with Crippen molar-refractivity contribution >= 4 is 43.5 Å². The van der Waals surface area contributed by atoms with Crippen LogP contribution in [-0.4, -0.2) is 5.11 Å². The molecular formula is C14H11Br2ClO2. The Morgan fingerprint density at radius 1 is 1.05 bits per heavy atom. The maximum atomic E-state index is 9.12. The van der Waals surface area contributed by atoms with Gasteiger partial charge in [-0.3, -0.25) is 0 Å². The van der Waals surface area contributed by atoms with E-state index < -0.39 is 0 Å². The minimum Gasteiger partial charge on any atom is -0.487 e. The van der Waals surface area contributed by atoms with E-state index in [0.717, 1.165) is 20.1 Å². The molecular weight excluding hydrogens is 395 g/mol. The molecule has 0 unspecified atom stereocenters. The summed E-state index contributed by atoms with van der Waals surface area (Å²) in [5.41, 5.74) is 1.81. The quantitative estimate of drug-likeness (QED) is 0.780. The standard InChI is InChI=1S/C14H11Br2ClO2/c15-12-5-10(7-18)6-13(16)14(12)19-8-9-2-1-3-11(17)4-9/h1-6,18H,7-8H2. The number of aliphatic hydroxyl groups excluding tert-OH is 1. The van der Waals surface area contributed by atoms with Gasteiger partial charge in [-0.25, -0.2) is 0 Å². The molecule has 2 aromatic rings. The fourth-order valence-electron chi connectivity index (χ4n) is 1.62. The van der Waals surface area contributed by atoms with Crippen molar-refractivity contribution < 1.29 is 9.84 Å². The highest BCUT2D eigenvalue weighted by molar-refractivity contribution is 9.11. The first-order chi connectivity index (χ1) is 9.10. The summed E-state index contributed by atoms with van der Waals surface area (Å²) in [6.07, 6.45) is 0. The molecule has 0 spiro atoms. The molecule has 0 aliphatic carbocycles. The number of ether oxygens (including phenoxy) is 1. The largest absolute Gasteiger partial charge is 0.487 e. The topological polar surface area (TPSA) is 29.5 Å². The normalized spacial score (nSPS) is 10.5. The third-order valence-corrected chi connectivity index (χ3v) is 3.93. The lowest BCUT2D eigenvalue weighted by Gasteiger charge is -2.12. The van der Waals surface area contributed by atoms with Crippen LogP contribution >= 0.6 is 43.5 Å². The second kappa shape index (κ2) is 6.75. The van der Waals surface area contributed by atoms with Crippen molar-refractivity contribution in [3.63, 3.8) is 0 Å². The summed E-state index contributed by atoms with van der Waals surface area (Å²) in [7, 11) is 0. The Kier molecular flexibility index (Phi) is 5.28. The van der Waals surface area contributed by atoms with Gasteiger partial charge in [0.25, 0.3) is 0 Å². The maximum absolute atomic E-state index is 9.12. The van der Waals surface area contributed by atoms with Gasteiger partial charge in [0.15, 0.2) is 0 Å². The summed E-state index contributed by atoms with van der Waals surface area (Å²) in [4.78, 5) is 0. The third-order valence-electron chi connectivity index (χ3n) is 2.51. The summed E-state index contributed by atoms with van der Waals surface area (Å²) in [6, 6.07) is 11.2. The molecule has 0 amide bonds. The fourth-order valence-corrected chi connectivity index (χ4v) is 3.35. The molecule has 0 fully saturated rings. The molecule has 2 nitrogen and oxygen atoms in total. The zero-order chi connectivity index (χ0) is 13.8. The molecule has 100 valence electrons. The molecule has 0 atom stereocenters. The molecule has 0 radical (unpaired) electrons. The average Bonchev–Trinajstić information content (AvgIpc) is 2.37. The van der Waals surface area contributed by atoms with Gasteiger partial charge in [0.05, 0.1) is 15.6 Å². The van der Waals surface area contributed by atoms with Crippen LogP contribution in [0.3, 0.4) is 0 Å². The second-order valence-electron chi connectivity index (χ2n) is 3.97. The molecule has 0 heterocycles. The van der Waals surface area contributed by atoms with E-state index >= 15 is 0 Å². The van der Waals surface area contributed by atoms with E-state index in [1.165, 1.54) is 0 Å². The number of halogens is 3. The van der Waals surface area contributed by atoms with Crippen molar-refractivity contribution in [2.45, 2.75) is 13.2 Å². The molecule has 5 heteroatoms. The first kappa shape index (κ1) is 14.9. The van der Waals surface area contributed by atoms with Gasteiger partial charge < -0.3 is 9.84 Å². The van der Waals surface area contributed by atoms with E-state index in [-0.39, 0.29) is 6.61 Å². The summed E-state index contributed by atoms with van der Waals surface area (Å²) in [5, 5.41) is 9.81. The highest BCUT2D eigenvalue weighted by Crippen LogP contribution is 2.35. The Morgan fingerprint density at radius 2 is 1.74 bits per heavy atom. The molecule has 2 aromatic carbocycles. The van der Waals surface area contributed by atoms with Crippen LogP contribution in [0.1, 0.15) is 11.1 Å². The van der Waals surface area contributed by atoms with Crippen LogP contribution in [0.15, 0.2) is 45.3 Å². The minimum absolute atomic E-state index is 0.00816. The maximum Gasteiger partial charge on any atom is 0.148 e. The molecule has 0 aromatic heterocycles. The van der Waals surface area contributed by atoms with E-state index in [0.29, 0.717) is 17.4 Å². The number of benzene rings is 2. The predicted octanol–water partition coefficient (Wildman–Crippen LogP) is 4.94. The van der Waals surface area contributed by atoms with E-state index in [1.54, 1.807) is 0 Å². The van der Waals surface area contributed by atoms with Crippen LogP contribution in [0, 0.1) is 0 Å². The first-order valence-corrected chi connectivity index (χ1v) is 7.52. The number of hydrogen-bond donors (Lipinski definition) is 1. The van der Waals surface area contributed by atoms with E-state index in [9.17, 15) is 0 Å². The van der Waals surface area contributed by atoms with E-state index in [4.69, 9.17) is 21.4 Å². The van der Waals surface area contributed by atoms with Gasteiger partial charge in [0.1, 0.15) is 12.4 Å². The lowest BCUT2D eigenvalue weighted by molar-refractivity contribution is 0.280. The molecule has 2 rings (SSSR count). The van der Waals surface area contributed by atoms with Crippen LogP contribution in [0.4, 0.5) is 0 Å². The van der Waals surface area contributed by atoms with Crippen LogP contribution in [0.5, 0.6) is 5.75 Å². The SMILES string of the molecule is OCc1cc(Br)c(OCc2cccc(Cl)c2)c(Br)c1. The van der Waals surface area contributed by atoms with E-state index in [2.05, 4.69) is 31.9 Å². The Balaban J connectivity index is 2.16. The van der Waals surface area contributed by atoms with Crippen LogP contribution in [0.2, 0.25) is 5.02 Å². The minimum atomic E-state index is -0.00816. The lowest BCUT2D eigenvalue weighted by Crippen LogP contribution is -1.98. The summed E-state index contributed by atoms with van der Waals surface area (Å²) in [5.74, 6) is 0.706. The molecule has 0 aliphatic rings. The van der Waals surface area contributed by atoms with Gasteiger partial charge in [0, 0.05) is 5.02 Å². The smallest absolute Gasteiger partial charge is 0.148 e. The Bertz CT molecular complexity index is 564. The average molecular weight is 407 g/mol. The van der Waals surface area contributed by atoms with Gasteiger partial charge in [-0.2, -0.15) is 0 Å². The zero-order valence-corrected chi connectivity index (χ0v) is 13.8. The summed E-state index contributed by atoms with van der Waals surface area (Å²) >= 11 is 12.8. The van der Waals surface area contributed by atoms with Gasteiger partial charge in [-0.1, -0.05) is 23.7 Å². The number of rotatable bonds is 4. The molecule has 0 aliphatic heterocycles. The zero-order valence-electron chi connectivity index (χ0n) is 9.87.